The molecule has 2 aliphatic carbocycles. The predicted octanol–water partition coefficient (Wildman–Crippen LogP) is 31.7. The quantitative estimate of drug-likeness (QED) is 0.0925. The van der Waals surface area contributed by atoms with Crippen LogP contribution >= 0.6 is 0 Å². The molecule has 6 N–H and O–H groups in total. The Kier molecular flexibility index (Phi) is 140. The molecule has 6 unspecified atom stereocenters. The van der Waals surface area contributed by atoms with Crippen molar-refractivity contribution < 1.29 is 131 Å². The maximum absolute atomic E-state index is 3.87. The van der Waals surface area contributed by atoms with Gasteiger partial charge in [-0.1, -0.05) is 255 Å². The van der Waals surface area contributed by atoms with Gasteiger partial charge in [-0.15, -0.1) is 39.3 Å². The minimum Gasteiger partial charge on any atom is -0.376 e. The summed E-state index contributed by atoms with van der Waals surface area (Å²) >= 11 is 0. The van der Waals surface area contributed by atoms with Crippen molar-refractivity contribution >= 4 is 0 Å². The van der Waals surface area contributed by atoms with E-state index in [1.54, 1.807) is 0 Å². The molecule has 0 aromatic carbocycles. The van der Waals surface area contributed by atoms with E-state index in [4.69, 9.17) is 0 Å². The molecule has 0 aromatic heterocycles. The summed E-state index contributed by atoms with van der Waals surface area (Å²) in [6.07, 6.45) is 25.0. The molecule has 12 aliphatic rings. The second-order valence-corrected chi connectivity index (χ2v) is 52.3. The Hall–Kier alpha value is 3.86. The van der Waals surface area contributed by atoms with E-state index >= 15 is 0 Å². The smallest absolute Gasteiger partial charge is 0.0224 e. The second-order valence-electron chi connectivity index (χ2n) is 52.3. The van der Waals surface area contributed by atoms with Gasteiger partial charge in [0.15, 0.2) is 0 Å². The second kappa shape index (κ2) is 110. The van der Waals surface area contributed by atoms with Crippen molar-refractivity contribution in [1.82, 2.24) is 71.1 Å². The normalized spacial score (nSPS) is 20.1. The van der Waals surface area contributed by atoms with Crippen LogP contribution in [-0.2, 0) is 131 Å². The summed E-state index contributed by atoms with van der Waals surface area (Å²) in [5.41, 5.74) is 4.59. The van der Waals surface area contributed by atoms with E-state index in [1.165, 1.54) is 234 Å². The van der Waals surface area contributed by atoms with Gasteiger partial charge < -0.3 is 97.1 Å². The van der Waals surface area contributed by atoms with Gasteiger partial charge in [-0.3, -0.25) is 29.4 Å². The molecule has 10 saturated heterocycles. The Morgan fingerprint density at radius 3 is 0.755 bits per heavy atom. The Labute approximate surface area is 1010 Å². The van der Waals surface area contributed by atoms with Crippen molar-refractivity contribution in [3.8, 4) is 0 Å². The van der Waals surface area contributed by atoms with E-state index < -0.39 is 0 Å². The number of nitrogens with one attached hydrogen (secondary N) is 6. The summed E-state index contributed by atoms with van der Waals surface area (Å²) in [5, 5.41) is 19.1. The van der Waals surface area contributed by atoms with Crippen LogP contribution in [0.5, 0.6) is 0 Å². The first-order valence-corrected chi connectivity index (χ1v) is 58.5. The number of rotatable bonds is 10. The van der Waals surface area contributed by atoms with Gasteiger partial charge in [0.25, 0.3) is 0 Å². The van der Waals surface area contributed by atoms with Crippen molar-refractivity contribution in [3.63, 3.8) is 0 Å². The van der Waals surface area contributed by atoms with Crippen LogP contribution in [0, 0.1) is 112 Å². The topological polar surface area (TPSA) is 98.1 Å². The third-order valence-electron chi connectivity index (χ3n) is 21.8. The molecular weight excluding hydrogens is 2050 g/mol. The maximum Gasteiger partial charge on any atom is 0.0224 e. The van der Waals surface area contributed by atoms with Gasteiger partial charge in [0.1, 0.15) is 0 Å². The molecular formula is C125H280N14Y4-8. The van der Waals surface area contributed by atoms with Crippen molar-refractivity contribution in [2.75, 3.05) is 183 Å². The van der Waals surface area contributed by atoms with Crippen molar-refractivity contribution in [3.05, 3.63) is 55.4 Å². The first-order chi connectivity index (χ1) is 63.9. The maximum atomic E-state index is 3.87. The first kappa shape index (κ1) is 182. The average Bonchev–Trinajstić information content (AvgIpc) is 1.67. The number of hydrogen-bond donors (Lipinski definition) is 6. The summed E-state index contributed by atoms with van der Waals surface area (Å²) in [4.78, 5) is 20.2. The van der Waals surface area contributed by atoms with E-state index in [0.717, 1.165) is 107 Å². The van der Waals surface area contributed by atoms with E-state index in [9.17, 15) is 0 Å². The van der Waals surface area contributed by atoms with Crippen LogP contribution in [0.2, 0.25) is 0 Å². The SMILES string of the molecule is C1CC2CNCC2C1.C1CC2CNCCN2C1.C1CCNC1.C1CNC1.CC.CC.CC.CC.CC.CC.CC(C)(C)C.CC(C)(C)C.CC(C)(C)C.CC(C)(C)C.CC(C)(C)C.CC(C)(C)N1CC2CCCC2C1.CC(C)(C)N1CCC1.CC(C)(C)N1CCCC1.CC(C)(C)N1CCN2CCCC2C1.CC(C)C.[CH2-]CCN(C[CH2-])C(C)(C)C.[CH2-]CCNC[CH2-].[CH2-]CN(C[CH2-])C(C)(C)C.[CH2-]CNC[CH2-].[Y].[Y].[Y].[Y]. The van der Waals surface area contributed by atoms with E-state index in [2.05, 4.69) is 410 Å². The van der Waals surface area contributed by atoms with Gasteiger partial charge in [-0.2, -0.15) is 12.8 Å². The minimum atomic E-state index is 0. The fourth-order valence-corrected chi connectivity index (χ4v) is 14.7. The first-order valence-electron chi connectivity index (χ1n) is 58.5. The van der Waals surface area contributed by atoms with Crippen LogP contribution in [0.1, 0.15) is 483 Å². The van der Waals surface area contributed by atoms with Gasteiger partial charge in [0, 0.05) is 229 Å². The monoisotopic (exact) mass is 2330 g/mol. The summed E-state index contributed by atoms with van der Waals surface area (Å²) in [6.45, 7) is 177. The zero-order chi connectivity index (χ0) is 112. The Morgan fingerprint density at radius 1 is 0.266 bits per heavy atom. The van der Waals surface area contributed by atoms with Crippen LogP contribution in [0.15, 0.2) is 0 Å². The molecule has 0 spiro atoms. The summed E-state index contributed by atoms with van der Waals surface area (Å²) in [7, 11) is 0. The average molecular weight is 2340 g/mol. The number of nitrogens with zero attached hydrogens (tertiary/aromatic N) is 8. The number of piperazine rings is 2. The van der Waals surface area contributed by atoms with Gasteiger partial charge >= 0.3 is 0 Å². The van der Waals surface area contributed by atoms with E-state index in [1.807, 2.05) is 83.1 Å². The van der Waals surface area contributed by atoms with Gasteiger partial charge in [-0.05, 0) is 363 Å². The van der Waals surface area contributed by atoms with Gasteiger partial charge in [0.2, 0.25) is 0 Å². The Balaban J connectivity index is -0.0000000854. The van der Waals surface area contributed by atoms with Crippen molar-refractivity contribution in [1.29, 1.82) is 0 Å². The summed E-state index contributed by atoms with van der Waals surface area (Å²) in [5.74, 6) is 5.05. The standard InChI is InChI=1S/C11H22N2.C11H21N.C9H19N.2C8H17N.C7H14N2.C7H13N.C7H15N.C5H11N.5C5H12.2C4H9N.C4H10.C3H7N.6C2H6.4Y/c1-11(2,3)13-8-7-12-6-4-5-10(12)9-13;1-11(2,3)12-7-9-5-4-6-10(9)8-12;1-6-8-10(7-2)9(3,4)5;1-8(2,3)9-6-4-5-7-9;1-6-9(7-2)8(3,4)5;1-2-7-6-8-3-5-9(7)4-1;1-2-6-4-8-5-7(6)3-1;1-7(2,3)8-5-4-6-8;1-3-5-6-4-2;5*1-5(2,3)4;1-2-4-5-3-1;1-3-5-4-2;1-4(2)3;1-2-4-3-1;6*1-2;;;;/h10H,4-9H2,1-3H3;9-10H,4-8H2,1-3H3;1-2,6-8H2,3-5H3;4-7H2,1-3H3;1-2,6-7H2,3-5H3;7-8H,1-6H2;6-8H,1-5H2;4-6H2,1-3H3;6H,1-5H2;5*1-4H3;2*5H,1-4H2;4H,1-3H3;4H,1-3H2;6*1-2H3;;;;/q;;-2;;-2;;;;-2;;;;;;;-2;;;;;;;;;;;;. The van der Waals surface area contributed by atoms with E-state index in [-0.39, 0.29) is 142 Å². The largest absolute Gasteiger partial charge is 0.376 e. The van der Waals surface area contributed by atoms with Crippen molar-refractivity contribution in [2.24, 2.45) is 56.7 Å². The number of hydrogen-bond acceptors (Lipinski definition) is 14. The Bertz CT molecular complexity index is 2180. The van der Waals surface area contributed by atoms with Crippen LogP contribution < -0.4 is 31.9 Å². The third kappa shape index (κ3) is 142. The molecule has 12 fully saturated rings. The molecule has 870 valence electrons. The van der Waals surface area contributed by atoms with Crippen LogP contribution in [0.25, 0.3) is 0 Å². The molecule has 14 nitrogen and oxygen atoms in total. The van der Waals surface area contributed by atoms with Gasteiger partial charge in [-0.25, -0.2) is 0 Å². The third-order valence-corrected chi connectivity index (χ3v) is 21.8. The molecule has 0 aromatic rings. The molecule has 12 rings (SSSR count). The molecule has 6 atom stereocenters. The molecule has 10 heterocycles. The Morgan fingerprint density at radius 2 is 0.552 bits per heavy atom. The molecule has 0 bridgehead atoms. The van der Waals surface area contributed by atoms with E-state index in [0.29, 0.717) is 49.2 Å². The number of fused-ring (bicyclic) bond motifs is 4. The fraction of sp³-hybridized carbons (Fsp3) is 0.936. The molecule has 0 amide bonds. The zero-order valence-electron chi connectivity index (χ0n) is 110. The fourth-order valence-electron chi connectivity index (χ4n) is 14.7. The predicted molar refractivity (Wildman–Crippen MR) is 650 cm³/mol. The molecule has 10 aliphatic heterocycles. The number of likely N-dealkylation sites (tertiary alicyclic amines) is 3. The zero-order valence-corrected chi connectivity index (χ0v) is 121. The van der Waals surface area contributed by atoms with Crippen molar-refractivity contribution in [2.45, 2.75) is 528 Å². The molecule has 4 radical (unpaired) electrons. The molecule has 2 saturated carbocycles. The van der Waals surface area contributed by atoms with Crippen LogP contribution in [0.4, 0.5) is 0 Å². The molecule has 18 heteroatoms. The van der Waals surface area contributed by atoms with Crippen LogP contribution in [-0.4, -0.2) is 268 Å². The summed E-state index contributed by atoms with van der Waals surface area (Å²) < 4.78 is 0. The molecule has 143 heavy (non-hydrogen) atoms. The minimum absolute atomic E-state index is 0. The van der Waals surface area contributed by atoms with Crippen LogP contribution in [0.3, 0.4) is 0 Å². The summed E-state index contributed by atoms with van der Waals surface area (Å²) in [6, 6.07) is 1.76. The van der Waals surface area contributed by atoms with Gasteiger partial charge in [0.05, 0.1) is 0 Å².